The highest BCUT2D eigenvalue weighted by Gasteiger charge is 2.51. The van der Waals surface area contributed by atoms with Crippen molar-refractivity contribution in [1.82, 2.24) is 9.34 Å². The SMILES string of the molecule is CC(C)(C)P(=O)(O)O.CC(C)(C)P(=O)(O)OP(=O)(O)O.CC(C)(C)P(=O)(O)OP(=O)(O)OP(=O)(O)O.COC(=O)C(C)(C)N(C)P(=O)(OC)C(C)(C)C.COC(=O)C(C)(C)N(C)P(=S)(OC)C(C)(C)C. The molecule has 0 saturated carbocycles. The quantitative estimate of drug-likeness (QED) is 0.0582. The van der Waals surface area contributed by atoms with Crippen LogP contribution in [0.2, 0.25) is 0 Å². The molecule has 0 saturated heterocycles. The number of methoxy groups -OCH3 is 2. The monoisotopic (exact) mass is 1200 g/mol. The molecule has 426 valence electrons. The summed E-state index contributed by atoms with van der Waals surface area (Å²) in [4.78, 5) is 101. The summed E-state index contributed by atoms with van der Waals surface area (Å²) < 4.78 is 112. The molecular formula is C34H84N2O25P8S. The minimum atomic E-state index is -5.31. The largest absolute Gasteiger partial charge is 0.488 e. The third-order valence-corrected chi connectivity index (χ3v) is 29.2. The van der Waals surface area contributed by atoms with E-state index >= 15 is 0 Å². The van der Waals surface area contributed by atoms with E-state index in [-0.39, 0.29) is 11.1 Å². The molecule has 5 unspecified atom stereocenters. The Morgan fingerprint density at radius 1 is 0.414 bits per heavy atom. The maximum absolute atomic E-state index is 12.9. The first-order valence-corrected chi connectivity index (χ1v) is 33.6. The number of nitrogens with zero attached hydrogens (tertiary/aromatic N) is 2. The molecule has 70 heavy (non-hydrogen) atoms. The summed E-state index contributed by atoms with van der Waals surface area (Å²) >= 11 is 5.69. The van der Waals surface area contributed by atoms with E-state index in [1.807, 2.05) is 53.3 Å². The predicted octanol–water partition coefficient (Wildman–Crippen LogP) is 8.37. The Kier molecular flexibility index (Phi) is 30.9. The summed E-state index contributed by atoms with van der Waals surface area (Å²) in [5, 5.41) is -4.29. The average molecular weight is 1200 g/mol. The van der Waals surface area contributed by atoms with Gasteiger partial charge in [-0.1, -0.05) is 20.8 Å². The van der Waals surface area contributed by atoms with Crippen LogP contribution in [-0.4, -0.2) is 145 Å². The molecule has 5 atom stereocenters. The summed E-state index contributed by atoms with van der Waals surface area (Å²) in [5.41, 5.74) is -1.80. The first-order valence-electron chi connectivity index (χ1n) is 20.0. The van der Waals surface area contributed by atoms with E-state index in [9.17, 15) is 46.4 Å². The second-order valence-electron chi connectivity index (χ2n) is 20.7. The van der Waals surface area contributed by atoms with Crippen LogP contribution >= 0.6 is 60.2 Å². The summed E-state index contributed by atoms with van der Waals surface area (Å²) in [6.45, 7) is 30.8. The fourth-order valence-corrected chi connectivity index (χ4v) is 15.0. The fourth-order valence-electron chi connectivity index (χ4n) is 3.79. The van der Waals surface area contributed by atoms with Gasteiger partial charge < -0.3 is 62.6 Å². The molecule has 36 heteroatoms. The average Bonchev–Trinajstić information content (AvgIpc) is 3.08. The maximum atomic E-state index is 12.9. The Hall–Kier alpha value is 0.560. The van der Waals surface area contributed by atoms with Crippen molar-refractivity contribution in [3.05, 3.63) is 0 Å². The van der Waals surface area contributed by atoms with E-state index < -0.39 is 97.9 Å². The fraction of sp³-hybridized carbons (Fsp3) is 0.941. The van der Waals surface area contributed by atoms with Crippen LogP contribution in [0.1, 0.15) is 132 Å². The lowest BCUT2D eigenvalue weighted by Crippen LogP contribution is -2.49. The highest BCUT2D eigenvalue weighted by molar-refractivity contribution is 8.11. The van der Waals surface area contributed by atoms with Crippen LogP contribution in [0.5, 0.6) is 0 Å². The van der Waals surface area contributed by atoms with Gasteiger partial charge >= 0.3 is 58.2 Å². The normalized spacial score (nSPS) is 17.8. The number of ether oxygens (including phenoxy) is 2. The van der Waals surface area contributed by atoms with Gasteiger partial charge in [-0.3, -0.25) is 27.8 Å². The van der Waals surface area contributed by atoms with Crippen LogP contribution in [-0.2, 0) is 84.8 Å². The molecule has 0 amide bonds. The van der Waals surface area contributed by atoms with Crippen LogP contribution < -0.4 is 0 Å². The second-order valence-corrected chi connectivity index (χ2v) is 40.9. The lowest BCUT2D eigenvalue weighted by Gasteiger charge is -2.46. The Balaban J connectivity index is -0.000000257. The molecule has 0 heterocycles. The van der Waals surface area contributed by atoms with E-state index in [1.54, 1.807) is 41.9 Å². The zero-order chi connectivity index (χ0) is 58.8. The van der Waals surface area contributed by atoms with Crippen molar-refractivity contribution >= 4 is 83.9 Å². The molecule has 0 fully saturated rings. The van der Waals surface area contributed by atoms with Crippen molar-refractivity contribution in [3.63, 3.8) is 0 Å². The minimum absolute atomic E-state index is 0.211. The molecule has 0 aliphatic carbocycles. The van der Waals surface area contributed by atoms with Gasteiger partial charge in [0.05, 0.1) is 34.8 Å². The standard InChI is InChI=1S/C11H24NO4P.C11H24NO3PS.C4H13O9P3.C4H12O6P2.C4H11O3P/c1-10(2,3)17(14,16-8)12(6)11(4,5)9(13)15-7;1-10(2,3)16(17,15-8)12(6)11(4,5)9(13)14-7;1-4(2,3)14(5,6)12-16(10,11)13-15(7,8)9;1-4(2,3)11(5,6)10-12(7,8)9;1-4(2,3)8(5,6)7/h2*1-8H3;1-3H3,(H,5,6)(H,10,11)(H2,7,8,9);1-3H3,(H,5,6)(H2,7,8,9);1-3H3,(H2,5,6,7). The Labute approximate surface area is 419 Å². The van der Waals surface area contributed by atoms with Gasteiger partial charge in [0, 0.05) is 19.4 Å². The zero-order valence-corrected chi connectivity index (χ0v) is 52.9. The predicted molar refractivity (Wildman–Crippen MR) is 271 cm³/mol. The Bertz CT molecular complexity index is 2040. The van der Waals surface area contributed by atoms with Gasteiger partial charge in [-0.15, -0.1) is 0 Å². The van der Waals surface area contributed by atoms with Gasteiger partial charge in [0.2, 0.25) is 0 Å². The first kappa shape index (κ1) is 79.4. The molecule has 0 aliphatic rings. The van der Waals surface area contributed by atoms with E-state index in [1.165, 1.54) is 88.3 Å². The summed E-state index contributed by atoms with van der Waals surface area (Å²) in [7, 11) is -22.2. The van der Waals surface area contributed by atoms with Crippen LogP contribution in [0, 0.1) is 0 Å². The van der Waals surface area contributed by atoms with Crippen molar-refractivity contribution in [2.75, 3.05) is 42.5 Å². The van der Waals surface area contributed by atoms with Gasteiger partial charge in [-0.05, 0) is 137 Å². The van der Waals surface area contributed by atoms with Crippen LogP contribution in [0.15, 0.2) is 0 Å². The highest BCUT2D eigenvalue weighted by Crippen LogP contribution is 2.70. The maximum Gasteiger partial charge on any atom is 0.488 e. The molecule has 0 aromatic rings. The molecular weight excluding hydrogens is 1120 g/mol. The number of hydrogen-bond acceptors (Lipinski definition) is 17. The van der Waals surface area contributed by atoms with Crippen LogP contribution in [0.3, 0.4) is 0 Å². The minimum Gasteiger partial charge on any atom is -0.468 e. The van der Waals surface area contributed by atoms with Crippen molar-refractivity contribution < 1.29 is 117 Å². The molecule has 0 spiro atoms. The number of carbonyl (C=O) groups excluding carboxylic acids is 2. The van der Waals surface area contributed by atoms with Crippen LogP contribution in [0.25, 0.3) is 0 Å². The summed E-state index contributed by atoms with van der Waals surface area (Å²) in [6.07, 6.45) is -2.30. The number of carbonyl (C=O) groups is 2. The molecule has 0 aliphatic heterocycles. The number of hydrogen-bond donors (Lipinski definition) is 9. The van der Waals surface area contributed by atoms with E-state index in [0.29, 0.717) is 0 Å². The van der Waals surface area contributed by atoms with Crippen molar-refractivity contribution in [2.24, 2.45) is 0 Å². The molecule has 0 bridgehead atoms. The summed E-state index contributed by atoms with van der Waals surface area (Å²) in [6, 6.07) is 0. The van der Waals surface area contributed by atoms with E-state index in [4.69, 9.17) is 69.5 Å². The lowest BCUT2D eigenvalue weighted by molar-refractivity contribution is -0.150. The van der Waals surface area contributed by atoms with Gasteiger partial charge in [0.15, 0.2) is 0 Å². The van der Waals surface area contributed by atoms with Gasteiger partial charge in [0.25, 0.3) is 7.52 Å². The third kappa shape index (κ3) is 26.1. The summed E-state index contributed by atoms with van der Waals surface area (Å²) in [5.74, 6) is -0.753. The molecule has 0 aromatic heterocycles. The van der Waals surface area contributed by atoms with Gasteiger partial charge in [-0.2, -0.15) is 4.31 Å². The molecule has 0 rings (SSSR count). The van der Waals surface area contributed by atoms with Crippen molar-refractivity contribution in [2.45, 2.75) is 168 Å². The molecule has 0 aromatic carbocycles. The zero-order valence-electron chi connectivity index (χ0n) is 44.9. The first-order chi connectivity index (χ1) is 29.8. The Morgan fingerprint density at radius 2 is 0.686 bits per heavy atom. The number of esters is 2. The van der Waals surface area contributed by atoms with Crippen LogP contribution in [0.4, 0.5) is 0 Å². The van der Waals surface area contributed by atoms with E-state index in [0.717, 1.165) is 0 Å². The van der Waals surface area contributed by atoms with Gasteiger partial charge in [-0.25, -0.2) is 31.7 Å². The second kappa shape index (κ2) is 27.2. The van der Waals surface area contributed by atoms with Crippen molar-refractivity contribution in [1.29, 1.82) is 0 Å². The lowest BCUT2D eigenvalue weighted by atomic mass is 10.1. The number of phosphoric acid groups is 3. The Morgan fingerprint density at radius 3 is 0.857 bits per heavy atom. The number of likely N-dealkylation sites (N-methyl/N-ethyl adjacent to an activating group) is 2. The van der Waals surface area contributed by atoms with Crippen molar-refractivity contribution in [3.8, 4) is 0 Å². The van der Waals surface area contributed by atoms with Gasteiger partial charge in [0.1, 0.15) is 17.5 Å². The molecule has 9 N–H and O–H groups in total. The molecule has 0 radical (unpaired) electrons. The van der Waals surface area contributed by atoms with E-state index in [2.05, 4.69) is 12.9 Å². The number of rotatable bonds is 14. The highest BCUT2D eigenvalue weighted by atomic mass is 32.4. The molecule has 27 nitrogen and oxygen atoms in total. The topological polar surface area (TPSA) is 407 Å². The third-order valence-electron chi connectivity index (χ3n) is 9.18. The smallest absolute Gasteiger partial charge is 0.468 e.